The van der Waals surface area contributed by atoms with Gasteiger partial charge in [-0.15, -0.1) is 11.3 Å². The van der Waals surface area contributed by atoms with E-state index in [-0.39, 0.29) is 5.56 Å². The summed E-state index contributed by atoms with van der Waals surface area (Å²) in [6.45, 7) is 3.51. The number of rotatable bonds is 4. The minimum atomic E-state index is -0.105. The Morgan fingerprint density at radius 1 is 1.56 bits per heavy atom. The number of hydrogen-bond donors (Lipinski definition) is 2. The Bertz CT molecular complexity index is 504. The number of aromatic amines is 1. The summed E-state index contributed by atoms with van der Waals surface area (Å²) in [6, 6.07) is 5.41. The van der Waals surface area contributed by atoms with Gasteiger partial charge in [0.1, 0.15) is 0 Å². The van der Waals surface area contributed by atoms with Gasteiger partial charge >= 0.3 is 0 Å². The normalized spacial score (nSPS) is 10.6. The first kappa shape index (κ1) is 11.0. The quantitative estimate of drug-likeness (QED) is 0.846. The van der Waals surface area contributed by atoms with Gasteiger partial charge in [-0.05, 0) is 18.0 Å². The second-order valence-corrected chi connectivity index (χ2v) is 4.29. The average Bonchev–Trinajstić information content (AvgIpc) is 2.79. The van der Waals surface area contributed by atoms with Gasteiger partial charge in [-0.25, -0.2) is 4.98 Å². The van der Waals surface area contributed by atoms with Crippen LogP contribution in [-0.2, 0) is 6.54 Å². The standard InChI is InChI=1S/C11H13N3OS/c1-2-12-7-8-6-10(15)14-11(13-8)9-4-3-5-16-9/h3-6,12H,2,7H2,1H3,(H,13,14,15). The van der Waals surface area contributed by atoms with E-state index < -0.39 is 0 Å². The van der Waals surface area contributed by atoms with Crippen LogP contribution >= 0.6 is 11.3 Å². The highest BCUT2D eigenvalue weighted by molar-refractivity contribution is 7.13. The molecule has 0 bridgehead atoms. The zero-order valence-corrected chi connectivity index (χ0v) is 9.80. The Kier molecular flexibility index (Phi) is 3.48. The van der Waals surface area contributed by atoms with Crippen LogP contribution in [0.15, 0.2) is 28.4 Å². The number of nitrogens with zero attached hydrogens (tertiary/aromatic N) is 1. The zero-order valence-electron chi connectivity index (χ0n) is 8.99. The molecule has 0 aromatic carbocycles. The lowest BCUT2D eigenvalue weighted by Crippen LogP contribution is -2.17. The number of hydrogen-bond acceptors (Lipinski definition) is 4. The molecule has 2 aromatic rings. The Labute approximate surface area is 97.4 Å². The van der Waals surface area contributed by atoms with Gasteiger partial charge in [0.05, 0.1) is 10.6 Å². The third-order valence-electron chi connectivity index (χ3n) is 2.11. The van der Waals surface area contributed by atoms with Crippen molar-refractivity contribution in [2.24, 2.45) is 0 Å². The number of nitrogens with one attached hydrogen (secondary N) is 2. The minimum Gasteiger partial charge on any atom is -0.311 e. The molecule has 0 atom stereocenters. The van der Waals surface area contributed by atoms with Crippen molar-refractivity contribution in [3.05, 3.63) is 39.6 Å². The molecular formula is C11H13N3OS. The van der Waals surface area contributed by atoms with Crippen molar-refractivity contribution < 1.29 is 0 Å². The maximum atomic E-state index is 11.5. The molecule has 0 unspecified atom stereocenters. The average molecular weight is 235 g/mol. The van der Waals surface area contributed by atoms with E-state index in [1.165, 1.54) is 6.07 Å². The molecule has 0 saturated carbocycles. The smallest absolute Gasteiger partial charge is 0.251 e. The second-order valence-electron chi connectivity index (χ2n) is 3.34. The largest absolute Gasteiger partial charge is 0.311 e. The molecule has 0 amide bonds. The van der Waals surface area contributed by atoms with E-state index in [4.69, 9.17) is 0 Å². The van der Waals surface area contributed by atoms with Gasteiger partial charge in [-0.2, -0.15) is 0 Å². The predicted octanol–water partition coefficient (Wildman–Crippen LogP) is 1.61. The van der Waals surface area contributed by atoms with E-state index in [1.807, 2.05) is 24.4 Å². The summed E-state index contributed by atoms with van der Waals surface area (Å²) in [5.41, 5.74) is 0.667. The van der Waals surface area contributed by atoms with Gasteiger partial charge in [0.2, 0.25) is 0 Å². The van der Waals surface area contributed by atoms with Crippen LogP contribution in [0.25, 0.3) is 10.7 Å². The first-order valence-electron chi connectivity index (χ1n) is 5.14. The zero-order chi connectivity index (χ0) is 11.4. The molecule has 2 heterocycles. The highest BCUT2D eigenvalue weighted by Crippen LogP contribution is 2.19. The summed E-state index contributed by atoms with van der Waals surface area (Å²) in [7, 11) is 0. The Morgan fingerprint density at radius 3 is 3.12 bits per heavy atom. The first-order valence-corrected chi connectivity index (χ1v) is 6.02. The van der Waals surface area contributed by atoms with Gasteiger partial charge in [0.15, 0.2) is 5.82 Å². The molecule has 0 spiro atoms. The van der Waals surface area contributed by atoms with E-state index in [0.29, 0.717) is 12.4 Å². The molecule has 2 rings (SSSR count). The third kappa shape index (κ3) is 2.56. The van der Waals surface area contributed by atoms with Crippen molar-refractivity contribution in [2.45, 2.75) is 13.5 Å². The van der Waals surface area contributed by atoms with Gasteiger partial charge in [0.25, 0.3) is 5.56 Å². The Hall–Kier alpha value is -1.46. The van der Waals surface area contributed by atoms with Crippen LogP contribution in [0, 0.1) is 0 Å². The first-order chi connectivity index (χ1) is 7.79. The number of thiophene rings is 1. The highest BCUT2D eigenvalue weighted by atomic mass is 32.1. The summed E-state index contributed by atoms with van der Waals surface area (Å²) >= 11 is 1.56. The molecule has 0 aliphatic heterocycles. The van der Waals surface area contributed by atoms with Crippen LogP contribution in [0.1, 0.15) is 12.6 Å². The molecule has 0 saturated heterocycles. The number of H-pyrrole nitrogens is 1. The van der Waals surface area contributed by atoms with E-state index in [1.54, 1.807) is 11.3 Å². The van der Waals surface area contributed by atoms with Crippen LogP contribution < -0.4 is 10.9 Å². The van der Waals surface area contributed by atoms with Crippen LogP contribution in [0.2, 0.25) is 0 Å². The summed E-state index contributed by atoms with van der Waals surface area (Å²) in [5.74, 6) is 0.649. The second kappa shape index (κ2) is 5.05. The molecule has 0 fully saturated rings. The lowest BCUT2D eigenvalue weighted by atomic mass is 10.3. The van der Waals surface area contributed by atoms with Crippen LogP contribution in [0.3, 0.4) is 0 Å². The summed E-state index contributed by atoms with van der Waals surface area (Å²) < 4.78 is 0. The summed E-state index contributed by atoms with van der Waals surface area (Å²) in [4.78, 5) is 19.6. The molecular weight excluding hydrogens is 222 g/mol. The molecule has 4 nitrogen and oxygen atoms in total. The topological polar surface area (TPSA) is 57.8 Å². The van der Waals surface area contributed by atoms with E-state index >= 15 is 0 Å². The summed E-state index contributed by atoms with van der Waals surface area (Å²) in [5, 5.41) is 5.12. The van der Waals surface area contributed by atoms with Crippen molar-refractivity contribution in [1.29, 1.82) is 0 Å². The summed E-state index contributed by atoms with van der Waals surface area (Å²) in [6.07, 6.45) is 0. The van der Waals surface area contributed by atoms with E-state index in [9.17, 15) is 4.79 Å². The van der Waals surface area contributed by atoms with Crippen LogP contribution in [0.5, 0.6) is 0 Å². The SMILES string of the molecule is CCNCc1cc(=O)[nH]c(-c2cccs2)n1. The number of aromatic nitrogens is 2. The Morgan fingerprint density at radius 2 is 2.44 bits per heavy atom. The maximum absolute atomic E-state index is 11.5. The molecule has 0 aliphatic carbocycles. The van der Waals surface area contributed by atoms with Crippen molar-refractivity contribution >= 4 is 11.3 Å². The fourth-order valence-electron chi connectivity index (χ4n) is 1.38. The maximum Gasteiger partial charge on any atom is 0.251 e. The van der Waals surface area contributed by atoms with E-state index in [2.05, 4.69) is 15.3 Å². The highest BCUT2D eigenvalue weighted by Gasteiger charge is 2.04. The third-order valence-corrected chi connectivity index (χ3v) is 2.98. The molecule has 5 heteroatoms. The van der Waals surface area contributed by atoms with Crippen LogP contribution in [-0.4, -0.2) is 16.5 Å². The van der Waals surface area contributed by atoms with Crippen molar-refractivity contribution in [1.82, 2.24) is 15.3 Å². The predicted molar refractivity (Wildman–Crippen MR) is 65.6 cm³/mol. The lowest BCUT2D eigenvalue weighted by Gasteiger charge is -2.02. The minimum absolute atomic E-state index is 0.105. The lowest BCUT2D eigenvalue weighted by molar-refractivity contribution is 0.708. The monoisotopic (exact) mass is 235 g/mol. The molecule has 84 valence electrons. The van der Waals surface area contributed by atoms with Gasteiger partial charge < -0.3 is 10.3 Å². The van der Waals surface area contributed by atoms with Gasteiger partial charge in [-0.3, -0.25) is 4.79 Å². The Balaban J connectivity index is 2.33. The van der Waals surface area contributed by atoms with Gasteiger partial charge in [0, 0.05) is 12.6 Å². The molecule has 2 aromatic heterocycles. The van der Waals surface area contributed by atoms with Crippen molar-refractivity contribution in [3.63, 3.8) is 0 Å². The molecule has 2 N–H and O–H groups in total. The van der Waals surface area contributed by atoms with Gasteiger partial charge in [-0.1, -0.05) is 13.0 Å². The van der Waals surface area contributed by atoms with Crippen molar-refractivity contribution in [2.75, 3.05) is 6.54 Å². The fourth-order valence-corrected chi connectivity index (χ4v) is 2.05. The van der Waals surface area contributed by atoms with E-state index in [0.717, 1.165) is 17.1 Å². The van der Waals surface area contributed by atoms with Crippen LogP contribution in [0.4, 0.5) is 0 Å². The molecule has 0 aliphatic rings. The fraction of sp³-hybridized carbons (Fsp3) is 0.273. The van der Waals surface area contributed by atoms with Crippen molar-refractivity contribution in [3.8, 4) is 10.7 Å². The molecule has 16 heavy (non-hydrogen) atoms. The molecule has 0 radical (unpaired) electrons.